The number of nitrogens with one attached hydrogen (secondary N) is 1. The second-order valence-electron chi connectivity index (χ2n) is 4.66. The van der Waals surface area contributed by atoms with Crippen LogP contribution in [0.3, 0.4) is 0 Å². The van der Waals surface area contributed by atoms with Crippen LogP contribution in [0.15, 0.2) is 34.7 Å². The molecule has 0 bridgehead atoms. The Kier molecular flexibility index (Phi) is 4.77. The Morgan fingerprint density at radius 2 is 2.19 bits per heavy atom. The maximum atomic E-state index is 8.91. The van der Waals surface area contributed by atoms with E-state index >= 15 is 0 Å². The Morgan fingerprint density at radius 3 is 3.00 bits per heavy atom. The van der Waals surface area contributed by atoms with Gasteiger partial charge in [0.05, 0.1) is 0 Å². The summed E-state index contributed by atoms with van der Waals surface area (Å²) < 4.78 is 3.51. The van der Waals surface area contributed by atoms with Gasteiger partial charge >= 0.3 is 139 Å². The topological polar surface area (TPSA) is 58.0 Å². The Balaban J connectivity index is 1.96. The van der Waals surface area contributed by atoms with E-state index in [-0.39, 0.29) is 6.61 Å². The van der Waals surface area contributed by atoms with Crippen LogP contribution in [0.5, 0.6) is 0 Å². The molecule has 2 aromatic rings. The number of aromatic nitrogens is 2. The fourth-order valence-electron chi connectivity index (χ4n) is 2.27. The summed E-state index contributed by atoms with van der Waals surface area (Å²) in [6.07, 6.45) is 2.32. The third kappa shape index (κ3) is 3.22. The zero-order chi connectivity index (χ0) is 14.7. The molecule has 1 aromatic carbocycles. The second-order valence-corrected chi connectivity index (χ2v) is 8.10. The van der Waals surface area contributed by atoms with Gasteiger partial charge in [-0.15, -0.1) is 0 Å². The number of halogens is 1. The van der Waals surface area contributed by atoms with Crippen molar-refractivity contribution in [2.75, 3.05) is 18.5 Å². The molecule has 106 valence electrons. The predicted octanol–water partition coefficient (Wildman–Crippen LogP) is 1.66. The molecule has 0 saturated carbocycles. The third-order valence-electron chi connectivity index (χ3n) is 3.23. The summed E-state index contributed by atoms with van der Waals surface area (Å²) in [6.45, 7) is 0.877. The van der Waals surface area contributed by atoms with Crippen LogP contribution < -0.4 is 9.03 Å². The molecule has 0 atom stereocenters. The number of aliphatic hydroxyl groups is 1. The number of hydrogen-bond acceptors (Lipinski definition) is 4. The Labute approximate surface area is 138 Å². The van der Waals surface area contributed by atoms with Crippen molar-refractivity contribution in [3.8, 4) is 0 Å². The molecule has 6 heteroatoms. The molecule has 0 spiro atoms. The molecule has 1 aliphatic rings. The molecule has 1 aliphatic heterocycles. The minimum atomic E-state index is -0.800. The van der Waals surface area contributed by atoms with Crippen molar-refractivity contribution in [1.29, 1.82) is 0 Å². The summed E-state index contributed by atoms with van der Waals surface area (Å²) in [7, 11) is 0. The van der Waals surface area contributed by atoms with Crippen LogP contribution in [0, 0.1) is 0 Å². The van der Waals surface area contributed by atoms with E-state index in [4.69, 9.17) is 16.7 Å². The van der Waals surface area contributed by atoms with E-state index in [1.807, 2.05) is 18.2 Å². The fourth-order valence-corrected chi connectivity index (χ4v) is 5.66. The fraction of sp³-hybridized carbons (Fsp3) is 0.200. The first-order valence-corrected chi connectivity index (χ1v) is 10.2. The predicted molar refractivity (Wildman–Crippen MR) is 86.1 cm³/mol. The summed E-state index contributed by atoms with van der Waals surface area (Å²) in [6, 6.07) is 7.89. The summed E-state index contributed by atoms with van der Waals surface area (Å²) in [5.41, 5.74) is 3.41. The number of rotatable bonds is 5. The number of fused-ring (bicyclic) bond motifs is 1. The van der Waals surface area contributed by atoms with Gasteiger partial charge in [0.15, 0.2) is 0 Å². The first-order chi connectivity index (χ1) is 10.3. The second kappa shape index (κ2) is 6.77. The van der Waals surface area contributed by atoms with E-state index in [0.717, 1.165) is 22.0 Å². The molecule has 2 heterocycles. The van der Waals surface area contributed by atoms with Gasteiger partial charge in [-0.25, -0.2) is 0 Å². The number of anilines is 1. The average molecular weight is 406 g/mol. The van der Waals surface area contributed by atoms with E-state index in [0.29, 0.717) is 13.0 Å². The van der Waals surface area contributed by atoms with Crippen molar-refractivity contribution >= 4 is 47.8 Å². The molecule has 0 amide bonds. The number of hydrogen-bond donors (Lipinski definition) is 2. The van der Waals surface area contributed by atoms with Crippen LogP contribution in [0.4, 0.5) is 5.82 Å². The van der Waals surface area contributed by atoms with Gasteiger partial charge in [0.25, 0.3) is 0 Å². The van der Waals surface area contributed by atoms with Crippen molar-refractivity contribution in [3.63, 3.8) is 0 Å². The van der Waals surface area contributed by atoms with E-state index in [1.54, 1.807) is 6.33 Å². The zero-order valence-corrected chi connectivity index (χ0v) is 14.9. The summed E-state index contributed by atoms with van der Waals surface area (Å²) in [4.78, 5) is 8.81. The summed E-state index contributed by atoms with van der Waals surface area (Å²) in [5, 5.41) is 12.9. The van der Waals surface area contributed by atoms with Crippen LogP contribution in [0.25, 0.3) is 5.57 Å². The van der Waals surface area contributed by atoms with E-state index < -0.39 is 21.1 Å². The zero-order valence-electron chi connectivity index (χ0n) is 11.3. The Hall–Kier alpha value is -1.11. The van der Waals surface area contributed by atoms with E-state index in [1.165, 1.54) is 9.28 Å². The van der Waals surface area contributed by atoms with Gasteiger partial charge in [0, 0.05) is 0 Å². The van der Waals surface area contributed by atoms with Crippen LogP contribution in [-0.4, -0.2) is 49.4 Å². The molecule has 2 N–H and O–H groups in total. The molecule has 3 rings (SSSR count). The van der Waals surface area contributed by atoms with Gasteiger partial charge in [-0.2, -0.15) is 0 Å². The van der Waals surface area contributed by atoms with Gasteiger partial charge in [0.1, 0.15) is 0 Å². The molecular formula is C15H14ClN3OSn. The van der Waals surface area contributed by atoms with Crippen molar-refractivity contribution in [2.24, 2.45) is 0 Å². The molecular weight excluding hydrogens is 392 g/mol. The molecule has 21 heavy (non-hydrogen) atoms. The Morgan fingerprint density at radius 1 is 1.29 bits per heavy atom. The molecule has 1 aromatic heterocycles. The van der Waals surface area contributed by atoms with Crippen LogP contribution >= 0.6 is 11.6 Å². The average Bonchev–Trinajstić information content (AvgIpc) is 2.92. The molecule has 4 nitrogen and oxygen atoms in total. The molecule has 0 fully saturated rings. The van der Waals surface area contributed by atoms with Crippen molar-refractivity contribution in [2.45, 2.75) is 6.42 Å². The minimum absolute atomic E-state index is 0.175. The number of benzene rings is 1. The maximum absolute atomic E-state index is 8.91. The van der Waals surface area contributed by atoms with Crippen molar-refractivity contribution in [1.82, 2.24) is 9.97 Å². The molecule has 0 unspecified atom stereocenters. The molecule has 2 radical (unpaired) electrons. The number of nitrogens with zero attached hydrogens (tertiary/aromatic N) is 2. The molecule has 0 aliphatic carbocycles. The van der Waals surface area contributed by atoms with Crippen LogP contribution in [0.1, 0.15) is 17.5 Å². The van der Waals surface area contributed by atoms with Crippen molar-refractivity contribution in [3.05, 3.63) is 50.8 Å². The molecule has 0 saturated heterocycles. The normalized spacial score (nSPS) is 13.0. The Bertz CT molecular complexity index is 690. The van der Waals surface area contributed by atoms with Gasteiger partial charge in [-0.1, -0.05) is 0 Å². The monoisotopic (exact) mass is 407 g/mol. The van der Waals surface area contributed by atoms with Gasteiger partial charge in [-0.3, -0.25) is 0 Å². The van der Waals surface area contributed by atoms with Gasteiger partial charge < -0.3 is 0 Å². The third-order valence-corrected chi connectivity index (χ3v) is 6.57. The summed E-state index contributed by atoms with van der Waals surface area (Å²) >= 11 is 5.30. The van der Waals surface area contributed by atoms with E-state index in [9.17, 15) is 0 Å². The van der Waals surface area contributed by atoms with Crippen LogP contribution in [-0.2, 0) is 0 Å². The first kappa shape index (κ1) is 14.8. The van der Waals surface area contributed by atoms with Crippen LogP contribution in [0.2, 0.25) is 5.02 Å². The van der Waals surface area contributed by atoms with Crippen molar-refractivity contribution < 1.29 is 5.11 Å². The first-order valence-electron chi connectivity index (χ1n) is 6.72. The SMILES string of the molecule is OCCCNc1ncn[c]2c1C(c1cccc(Cl)c1)=[CH][Sn]2. The quantitative estimate of drug-likeness (QED) is 0.586. The standard InChI is InChI=1S/C15H14ClN3O.Sn/c1-11(12-4-2-5-13(16)8-12)14-9-17-10-19-15(14)18-6-3-7-20;/h1-2,4-5,8,10,20H,3,6-7H2,(H,17,18,19);. The number of aliphatic hydroxyl groups excluding tert-OH is 1. The van der Waals surface area contributed by atoms with Gasteiger partial charge in [0.2, 0.25) is 0 Å². The van der Waals surface area contributed by atoms with E-state index in [2.05, 4.69) is 25.4 Å². The van der Waals surface area contributed by atoms with Gasteiger partial charge in [-0.05, 0) is 0 Å². The summed E-state index contributed by atoms with van der Waals surface area (Å²) in [5.74, 6) is 0.859.